The number of fused-ring (bicyclic) bond motifs is 1. The summed E-state index contributed by atoms with van der Waals surface area (Å²) in [7, 11) is 0. The summed E-state index contributed by atoms with van der Waals surface area (Å²) in [5.74, 6) is 0. The Morgan fingerprint density at radius 3 is 2.53 bits per heavy atom. The van der Waals surface area contributed by atoms with E-state index in [1.165, 1.54) is 17.3 Å². The van der Waals surface area contributed by atoms with Crippen LogP contribution in [-0.4, -0.2) is 51.5 Å². The standard InChI is InChI=1S/C13H14Br3NOTe/c14-13-10-3-1-2-4-11(10)19(15,16)12(13)9-17-5-7-18-8-6-17/h1-4H,5-9H2. The van der Waals surface area contributed by atoms with E-state index in [-0.39, 0.29) is 0 Å². The van der Waals surface area contributed by atoms with E-state index < -0.39 is 13.8 Å². The number of rotatable bonds is 2. The van der Waals surface area contributed by atoms with Gasteiger partial charge in [0.1, 0.15) is 0 Å². The average Bonchev–Trinajstić information content (AvgIpc) is 2.62. The summed E-state index contributed by atoms with van der Waals surface area (Å²) in [5, 5.41) is 0. The van der Waals surface area contributed by atoms with E-state index in [1.807, 2.05) is 0 Å². The molecule has 0 radical (unpaired) electrons. The van der Waals surface area contributed by atoms with Gasteiger partial charge in [0.2, 0.25) is 0 Å². The van der Waals surface area contributed by atoms with Crippen LogP contribution in [0.2, 0.25) is 0 Å². The van der Waals surface area contributed by atoms with Gasteiger partial charge in [-0.1, -0.05) is 0 Å². The van der Waals surface area contributed by atoms with Gasteiger partial charge >= 0.3 is 139 Å². The Morgan fingerprint density at radius 1 is 1.16 bits per heavy atom. The monoisotopic (exact) mass is 567 g/mol. The van der Waals surface area contributed by atoms with Gasteiger partial charge in [0.05, 0.1) is 0 Å². The van der Waals surface area contributed by atoms with Crippen LogP contribution in [0.15, 0.2) is 27.9 Å². The maximum absolute atomic E-state index is 5.43. The van der Waals surface area contributed by atoms with Crippen molar-refractivity contribution in [2.45, 2.75) is 0 Å². The number of morpholine rings is 1. The van der Waals surface area contributed by atoms with Crippen LogP contribution in [0.4, 0.5) is 0 Å². The molecule has 0 bridgehead atoms. The van der Waals surface area contributed by atoms with E-state index in [0.29, 0.717) is 0 Å². The topological polar surface area (TPSA) is 12.5 Å². The number of ether oxygens (including phenoxy) is 1. The number of benzene rings is 1. The first kappa shape index (κ1) is 15.0. The molecule has 19 heavy (non-hydrogen) atoms. The first-order valence-electron chi connectivity index (χ1n) is 6.11. The molecule has 0 atom stereocenters. The number of halogens is 3. The summed E-state index contributed by atoms with van der Waals surface area (Å²) in [4.78, 5) is 2.48. The molecule has 1 aromatic carbocycles. The molecule has 1 saturated heterocycles. The number of hydrogen-bond donors (Lipinski definition) is 0. The van der Waals surface area contributed by atoms with Crippen LogP contribution < -0.4 is 3.61 Å². The normalized spacial score (nSPS) is 24.4. The minimum absolute atomic E-state index is 0.850. The molecule has 2 aliphatic heterocycles. The van der Waals surface area contributed by atoms with Gasteiger partial charge in [-0.15, -0.1) is 0 Å². The Balaban J connectivity index is 1.91. The fourth-order valence-corrected chi connectivity index (χ4v) is 19.8. The molecule has 6 heteroatoms. The van der Waals surface area contributed by atoms with Crippen molar-refractivity contribution in [2.75, 3.05) is 32.8 Å². The summed E-state index contributed by atoms with van der Waals surface area (Å²) in [6, 6.07) is 8.68. The zero-order valence-corrected chi connectivity index (χ0v) is 17.3. The summed E-state index contributed by atoms with van der Waals surface area (Å²) in [6.07, 6.45) is 0. The van der Waals surface area contributed by atoms with Crippen LogP contribution in [0.25, 0.3) is 4.48 Å². The van der Waals surface area contributed by atoms with Gasteiger partial charge in [-0.25, -0.2) is 0 Å². The Kier molecular flexibility index (Phi) is 4.81. The Bertz CT molecular complexity index is 526. The van der Waals surface area contributed by atoms with Crippen LogP contribution in [0, 0.1) is 0 Å². The molecular formula is C13H14Br3NOTe. The van der Waals surface area contributed by atoms with Gasteiger partial charge in [-0.05, 0) is 0 Å². The van der Waals surface area contributed by atoms with E-state index >= 15 is 0 Å². The zero-order valence-electron chi connectivity index (χ0n) is 10.2. The summed E-state index contributed by atoms with van der Waals surface area (Å²) in [5.41, 5.74) is 1.35. The molecule has 0 spiro atoms. The molecule has 0 aliphatic carbocycles. The fourth-order valence-electron chi connectivity index (χ4n) is 2.38. The van der Waals surface area contributed by atoms with Crippen molar-refractivity contribution in [3.05, 3.63) is 33.4 Å². The van der Waals surface area contributed by atoms with E-state index in [0.717, 1.165) is 32.8 Å². The first-order valence-corrected chi connectivity index (χ1v) is 19.7. The Labute approximate surface area is 138 Å². The van der Waals surface area contributed by atoms with Crippen molar-refractivity contribution in [3.8, 4) is 0 Å². The van der Waals surface area contributed by atoms with Crippen LogP contribution >= 0.6 is 41.4 Å². The van der Waals surface area contributed by atoms with Crippen molar-refractivity contribution >= 4 is 63.3 Å². The quantitative estimate of drug-likeness (QED) is 0.510. The molecule has 1 aromatic rings. The van der Waals surface area contributed by atoms with Crippen LogP contribution in [0.3, 0.4) is 0 Å². The van der Waals surface area contributed by atoms with Crippen LogP contribution in [0.5, 0.6) is 0 Å². The van der Waals surface area contributed by atoms with Crippen LogP contribution in [-0.2, 0) is 4.74 Å². The van der Waals surface area contributed by atoms with Gasteiger partial charge in [0.15, 0.2) is 0 Å². The molecule has 2 nitrogen and oxygen atoms in total. The predicted octanol–water partition coefficient (Wildman–Crippen LogP) is 3.12. The molecule has 0 aromatic heterocycles. The third kappa shape index (κ3) is 2.88. The molecule has 0 saturated carbocycles. The zero-order chi connectivity index (χ0) is 13.5. The van der Waals surface area contributed by atoms with E-state index in [1.54, 1.807) is 0 Å². The third-order valence-corrected chi connectivity index (χ3v) is 20.4. The van der Waals surface area contributed by atoms with E-state index in [9.17, 15) is 0 Å². The van der Waals surface area contributed by atoms with Gasteiger partial charge < -0.3 is 0 Å². The number of hydrogen-bond acceptors (Lipinski definition) is 2. The molecular weight excluding hydrogens is 553 g/mol. The third-order valence-electron chi connectivity index (χ3n) is 3.42. The van der Waals surface area contributed by atoms with Crippen molar-refractivity contribution in [3.63, 3.8) is 0 Å². The SMILES string of the molecule is BrC1=C(CN2CCOCC2)[Te](Br)(Br)c2ccccc21. The van der Waals surface area contributed by atoms with Crippen LogP contribution in [0.1, 0.15) is 5.56 Å². The molecule has 0 N–H and O–H groups in total. The predicted molar refractivity (Wildman–Crippen MR) is 92.8 cm³/mol. The molecule has 2 heterocycles. The second-order valence-electron chi connectivity index (χ2n) is 4.59. The molecule has 3 rings (SSSR count). The van der Waals surface area contributed by atoms with Gasteiger partial charge in [-0.3, -0.25) is 0 Å². The Morgan fingerprint density at radius 2 is 1.84 bits per heavy atom. The Hall–Kier alpha value is 1.11. The van der Waals surface area contributed by atoms with Crippen molar-refractivity contribution in [1.82, 2.24) is 4.90 Å². The maximum atomic E-state index is 5.43. The van der Waals surface area contributed by atoms with E-state index in [2.05, 4.69) is 70.6 Å². The second-order valence-corrected chi connectivity index (χ2v) is 29.6. The van der Waals surface area contributed by atoms with Gasteiger partial charge in [0.25, 0.3) is 0 Å². The summed E-state index contributed by atoms with van der Waals surface area (Å²) < 4.78 is 9.69. The van der Waals surface area contributed by atoms with E-state index in [4.69, 9.17) is 4.74 Å². The molecule has 2 aliphatic rings. The minimum atomic E-state index is -2.45. The molecule has 0 amide bonds. The van der Waals surface area contributed by atoms with Crippen molar-refractivity contribution in [1.29, 1.82) is 0 Å². The molecule has 1 fully saturated rings. The van der Waals surface area contributed by atoms with Gasteiger partial charge in [0, 0.05) is 0 Å². The fraction of sp³-hybridized carbons (Fsp3) is 0.385. The molecule has 0 unspecified atom stereocenters. The number of nitrogens with zero attached hydrogens (tertiary/aromatic N) is 1. The first-order chi connectivity index (χ1) is 9.10. The second kappa shape index (κ2) is 6.08. The van der Waals surface area contributed by atoms with Crippen molar-refractivity contribution in [2.24, 2.45) is 0 Å². The summed E-state index contributed by atoms with van der Waals surface area (Å²) in [6.45, 7) is 4.78. The molecule has 104 valence electrons. The summed E-state index contributed by atoms with van der Waals surface area (Å²) >= 11 is 9.43. The van der Waals surface area contributed by atoms with Crippen molar-refractivity contribution < 1.29 is 4.74 Å². The van der Waals surface area contributed by atoms with Gasteiger partial charge in [-0.2, -0.15) is 0 Å². The average molecular weight is 568 g/mol.